The van der Waals surface area contributed by atoms with Crippen LogP contribution >= 0.6 is 0 Å². The maximum Gasteiger partial charge on any atom is 0.433 e. The fourth-order valence-electron chi connectivity index (χ4n) is 2.47. The summed E-state index contributed by atoms with van der Waals surface area (Å²) in [5.41, 5.74) is 6.06. The van der Waals surface area contributed by atoms with Crippen LogP contribution in [0, 0.1) is 26.0 Å². The maximum atomic E-state index is 13.0. The van der Waals surface area contributed by atoms with Gasteiger partial charge in [-0.25, -0.2) is 9.18 Å². The van der Waals surface area contributed by atoms with Gasteiger partial charge in [-0.3, -0.25) is 25.5 Å². The lowest BCUT2D eigenvalue weighted by Gasteiger charge is -2.05. The summed E-state index contributed by atoms with van der Waals surface area (Å²) in [7, 11) is 0. The predicted molar refractivity (Wildman–Crippen MR) is 126 cm³/mol. The molecule has 184 valence electrons. The molecule has 0 spiro atoms. The summed E-state index contributed by atoms with van der Waals surface area (Å²) in [6, 6.07) is 9.25. The van der Waals surface area contributed by atoms with Gasteiger partial charge in [-0.1, -0.05) is 0 Å². The van der Waals surface area contributed by atoms with Crippen molar-refractivity contribution >= 4 is 47.3 Å². The van der Waals surface area contributed by atoms with E-state index in [0.29, 0.717) is 5.69 Å². The van der Waals surface area contributed by atoms with E-state index in [4.69, 9.17) is 14.6 Å². The van der Waals surface area contributed by atoms with Crippen molar-refractivity contribution in [1.82, 2.24) is 5.32 Å². The van der Waals surface area contributed by atoms with Crippen LogP contribution in [0.25, 0.3) is 12.2 Å². The van der Waals surface area contributed by atoms with E-state index in [2.05, 4.69) is 20.8 Å². The van der Waals surface area contributed by atoms with Crippen LogP contribution in [0.4, 0.5) is 26.6 Å². The average molecular weight is 497 g/mol. The number of nitro groups is 2. The van der Waals surface area contributed by atoms with Gasteiger partial charge in [-0.15, -0.1) is 10.2 Å². The van der Waals surface area contributed by atoms with Crippen LogP contribution in [0.1, 0.15) is 11.5 Å². The molecule has 14 nitrogen and oxygen atoms in total. The van der Waals surface area contributed by atoms with E-state index in [-0.39, 0.29) is 17.2 Å². The van der Waals surface area contributed by atoms with E-state index in [1.165, 1.54) is 48.6 Å². The number of furan rings is 2. The normalized spacial score (nSPS) is 11.5. The van der Waals surface area contributed by atoms with Crippen molar-refractivity contribution in [1.29, 1.82) is 0 Å². The summed E-state index contributed by atoms with van der Waals surface area (Å²) < 4.78 is 23.0. The van der Waals surface area contributed by atoms with Crippen molar-refractivity contribution in [3.05, 3.63) is 98.2 Å². The number of urea groups is 1. The van der Waals surface area contributed by atoms with Crippen LogP contribution in [-0.4, -0.2) is 27.5 Å². The monoisotopic (exact) mass is 497 g/mol. The van der Waals surface area contributed by atoms with Gasteiger partial charge in [0.25, 0.3) is 0 Å². The number of benzene rings is 1. The molecule has 1 aromatic carbocycles. The minimum atomic E-state index is -0.767. The number of amides is 2. The third-order valence-corrected chi connectivity index (χ3v) is 4.04. The molecule has 0 aliphatic rings. The van der Waals surface area contributed by atoms with Gasteiger partial charge in [0.05, 0.1) is 17.8 Å². The molecule has 2 aromatic heterocycles. The Bertz CT molecular complexity index is 1320. The van der Waals surface area contributed by atoms with E-state index in [0.717, 1.165) is 24.3 Å². The molecule has 0 bridgehead atoms. The van der Waals surface area contributed by atoms with Gasteiger partial charge in [0.2, 0.25) is 5.96 Å². The van der Waals surface area contributed by atoms with Crippen molar-refractivity contribution in [3.8, 4) is 0 Å². The molecule has 0 aliphatic carbocycles. The number of allylic oxidation sites excluding steroid dienone is 2. The Labute approximate surface area is 200 Å². The zero-order valence-corrected chi connectivity index (χ0v) is 18.0. The van der Waals surface area contributed by atoms with E-state index < -0.39 is 39.4 Å². The molecule has 0 aliphatic heterocycles. The van der Waals surface area contributed by atoms with Crippen molar-refractivity contribution in [2.24, 2.45) is 15.9 Å². The standard InChI is InChI=1S/C21H16FN7O7/c22-13-1-3-14(4-2-13)24-21(30)25-20(23)27-26-15(5-7-16-9-11-18(35-16)28(31)32)6-8-17-10-12-19(36-17)29(33)34/h1-12H,(H4,23,24,25,27,30). The highest BCUT2D eigenvalue weighted by Gasteiger charge is 2.11. The minimum Gasteiger partial charge on any atom is -0.401 e. The zero-order valence-electron chi connectivity index (χ0n) is 18.0. The van der Waals surface area contributed by atoms with Crippen LogP contribution in [0.5, 0.6) is 0 Å². The van der Waals surface area contributed by atoms with Gasteiger partial charge in [-0.2, -0.15) is 0 Å². The van der Waals surface area contributed by atoms with Crippen molar-refractivity contribution in [3.63, 3.8) is 0 Å². The second kappa shape index (κ2) is 11.5. The summed E-state index contributed by atoms with van der Waals surface area (Å²) >= 11 is 0. The molecule has 15 heteroatoms. The zero-order chi connectivity index (χ0) is 26.1. The molecule has 3 aromatic rings. The smallest absolute Gasteiger partial charge is 0.401 e. The lowest BCUT2D eigenvalue weighted by atomic mass is 10.2. The Balaban J connectivity index is 1.76. The van der Waals surface area contributed by atoms with Crippen LogP contribution < -0.4 is 16.4 Å². The summed E-state index contributed by atoms with van der Waals surface area (Å²) in [4.78, 5) is 32.1. The molecular formula is C21H16FN7O7. The Morgan fingerprint density at radius 1 is 0.889 bits per heavy atom. The summed E-state index contributed by atoms with van der Waals surface area (Å²) in [6.07, 6.45) is 5.40. The second-order valence-corrected chi connectivity index (χ2v) is 6.63. The highest BCUT2D eigenvalue weighted by Crippen LogP contribution is 2.18. The lowest BCUT2D eigenvalue weighted by molar-refractivity contribution is -0.402. The Kier molecular flexibility index (Phi) is 8.00. The largest absolute Gasteiger partial charge is 0.433 e. The lowest BCUT2D eigenvalue weighted by Crippen LogP contribution is -2.39. The third kappa shape index (κ3) is 7.48. The fourth-order valence-corrected chi connectivity index (χ4v) is 2.47. The Morgan fingerprint density at radius 3 is 1.89 bits per heavy atom. The molecule has 36 heavy (non-hydrogen) atoms. The number of nitrogens with one attached hydrogen (secondary N) is 2. The predicted octanol–water partition coefficient (Wildman–Crippen LogP) is 4.05. The SMILES string of the molecule is NC(=NN=C(C=Cc1ccc([N+](=O)[O-])o1)C=Cc1ccc([N+](=O)[O-])o1)NC(=O)Nc1ccc(F)cc1. The molecule has 0 unspecified atom stereocenters. The first kappa shape index (κ1) is 25.0. The quantitative estimate of drug-likeness (QED) is 0.179. The number of nitrogens with two attached hydrogens (primary N) is 1. The Morgan fingerprint density at radius 2 is 1.42 bits per heavy atom. The van der Waals surface area contributed by atoms with Crippen LogP contribution in [0.2, 0.25) is 0 Å². The average Bonchev–Trinajstić information content (AvgIpc) is 3.50. The number of nitrogens with zero attached hydrogens (tertiary/aromatic N) is 4. The van der Waals surface area contributed by atoms with Crippen LogP contribution in [0.3, 0.4) is 0 Å². The minimum absolute atomic E-state index is 0.0943. The highest BCUT2D eigenvalue weighted by atomic mass is 19.1. The van der Waals surface area contributed by atoms with E-state index in [1.807, 2.05) is 0 Å². The maximum absolute atomic E-state index is 13.0. The van der Waals surface area contributed by atoms with Crippen LogP contribution in [0.15, 0.2) is 79.7 Å². The molecule has 0 fully saturated rings. The number of rotatable bonds is 8. The first-order valence-corrected chi connectivity index (χ1v) is 9.79. The number of guanidine groups is 1. The topological polar surface area (TPSA) is 204 Å². The number of halogens is 1. The molecular weight excluding hydrogens is 481 g/mol. The van der Waals surface area contributed by atoms with Crippen molar-refractivity contribution in [2.75, 3.05) is 5.32 Å². The van der Waals surface area contributed by atoms with Crippen molar-refractivity contribution < 1.29 is 27.9 Å². The third-order valence-electron chi connectivity index (χ3n) is 4.04. The molecule has 2 heterocycles. The molecule has 0 saturated heterocycles. The molecule has 0 radical (unpaired) electrons. The second-order valence-electron chi connectivity index (χ2n) is 6.63. The molecule has 0 atom stereocenters. The number of hydrogen-bond acceptors (Lipinski definition) is 9. The first-order chi connectivity index (χ1) is 17.2. The fraction of sp³-hybridized carbons (Fsp3) is 0. The van der Waals surface area contributed by atoms with Gasteiger partial charge < -0.3 is 19.9 Å². The summed E-state index contributed by atoms with van der Waals surface area (Å²) in [5.74, 6) is -1.56. The summed E-state index contributed by atoms with van der Waals surface area (Å²) in [6.45, 7) is 0. The Hall–Kier alpha value is -5.60. The number of hydrogen-bond donors (Lipinski definition) is 3. The van der Waals surface area contributed by atoms with Gasteiger partial charge >= 0.3 is 17.8 Å². The molecule has 2 amide bonds. The number of anilines is 1. The van der Waals surface area contributed by atoms with Gasteiger partial charge in [0, 0.05) is 5.69 Å². The van der Waals surface area contributed by atoms with Crippen LogP contribution in [-0.2, 0) is 0 Å². The van der Waals surface area contributed by atoms with E-state index in [9.17, 15) is 29.4 Å². The van der Waals surface area contributed by atoms with E-state index in [1.54, 1.807) is 0 Å². The number of carbonyl (C=O) groups is 1. The highest BCUT2D eigenvalue weighted by molar-refractivity contribution is 6.09. The van der Waals surface area contributed by atoms with Crippen molar-refractivity contribution in [2.45, 2.75) is 0 Å². The first-order valence-electron chi connectivity index (χ1n) is 9.79. The van der Waals surface area contributed by atoms with Gasteiger partial charge in [-0.05, 0) is 60.7 Å². The molecule has 4 N–H and O–H groups in total. The molecule has 3 rings (SSSR count). The summed E-state index contributed by atoms with van der Waals surface area (Å²) in [5, 5.41) is 33.7. The molecule has 0 saturated carbocycles. The van der Waals surface area contributed by atoms with E-state index >= 15 is 0 Å². The van der Waals surface area contributed by atoms with Gasteiger partial charge in [0.15, 0.2) is 0 Å². The number of carbonyl (C=O) groups excluding carboxylic acids is 1. The van der Waals surface area contributed by atoms with Gasteiger partial charge in [0.1, 0.15) is 27.2 Å².